The van der Waals surface area contributed by atoms with Crippen molar-refractivity contribution in [2.45, 2.75) is 32.4 Å². The quantitative estimate of drug-likeness (QED) is 0.912. The molecule has 0 bridgehead atoms. The van der Waals surface area contributed by atoms with Crippen molar-refractivity contribution in [3.8, 4) is 0 Å². The van der Waals surface area contributed by atoms with E-state index in [-0.39, 0.29) is 6.04 Å². The molecule has 2 atom stereocenters. The zero-order valence-corrected chi connectivity index (χ0v) is 13.2. The highest BCUT2D eigenvalue weighted by molar-refractivity contribution is 9.10. The fraction of sp³-hybridized carbons (Fsp3) is 0.571. The lowest BCUT2D eigenvalue weighted by atomic mass is 10.0. The lowest BCUT2D eigenvalue weighted by Crippen LogP contribution is -2.33. The normalized spacial score (nSPS) is 25.0. The summed E-state index contributed by atoms with van der Waals surface area (Å²) < 4.78 is 0.949. The number of nitrogens with zero attached hydrogens (tertiary/aromatic N) is 1. The van der Waals surface area contributed by atoms with Gasteiger partial charge in [0.1, 0.15) is 0 Å². The van der Waals surface area contributed by atoms with Crippen LogP contribution in [0.5, 0.6) is 0 Å². The van der Waals surface area contributed by atoms with E-state index in [9.17, 15) is 0 Å². The molecule has 0 radical (unpaired) electrons. The molecule has 100 valence electrons. The maximum absolute atomic E-state index is 6.28. The second-order valence-electron chi connectivity index (χ2n) is 5.46. The van der Waals surface area contributed by atoms with Gasteiger partial charge in [0.15, 0.2) is 0 Å². The second kappa shape index (κ2) is 5.91. The summed E-state index contributed by atoms with van der Waals surface area (Å²) in [6.45, 7) is 6.68. The third kappa shape index (κ3) is 3.08. The number of hydrogen-bond donors (Lipinski definition) is 1. The van der Waals surface area contributed by atoms with Crippen LogP contribution < -0.4 is 5.73 Å². The summed E-state index contributed by atoms with van der Waals surface area (Å²) in [5.74, 6) is 0.661. The van der Waals surface area contributed by atoms with Crippen LogP contribution in [0.1, 0.15) is 31.9 Å². The Hall–Kier alpha value is -0.0900. The minimum absolute atomic E-state index is 0.219. The van der Waals surface area contributed by atoms with E-state index in [0.717, 1.165) is 29.0 Å². The summed E-state index contributed by atoms with van der Waals surface area (Å²) in [6.07, 6.45) is 1.07. The molecule has 2 unspecified atom stereocenters. The third-order valence-corrected chi connectivity index (χ3v) is 4.65. The van der Waals surface area contributed by atoms with Gasteiger partial charge in [-0.3, -0.25) is 4.90 Å². The van der Waals surface area contributed by atoms with Gasteiger partial charge < -0.3 is 5.73 Å². The summed E-state index contributed by atoms with van der Waals surface area (Å²) in [7, 11) is 0. The predicted octanol–water partition coefficient (Wildman–Crippen LogP) is 3.83. The van der Waals surface area contributed by atoms with Gasteiger partial charge in [-0.05, 0) is 46.0 Å². The Balaban J connectivity index is 2.24. The molecule has 1 saturated heterocycles. The number of benzene rings is 1. The fourth-order valence-corrected chi connectivity index (χ4v) is 3.22. The minimum atomic E-state index is 0.219. The Morgan fingerprint density at radius 3 is 2.83 bits per heavy atom. The first-order valence-electron chi connectivity index (χ1n) is 6.43. The van der Waals surface area contributed by atoms with Crippen molar-refractivity contribution in [1.29, 1.82) is 0 Å². The highest BCUT2D eigenvalue weighted by Gasteiger charge is 2.33. The Bertz CT molecular complexity index is 422. The molecule has 2 rings (SSSR count). The van der Waals surface area contributed by atoms with Gasteiger partial charge in [0.2, 0.25) is 0 Å². The number of nitrogens with two attached hydrogens (primary N) is 1. The number of hydrogen-bond acceptors (Lipinski definition) is 2. The van der Waals surface area contributed by atoms with Crippen molar-refractivity contribution in [3.63, 3.8) is 0 Å². The lowest BCUT2D eigenvalue weighted by molar-refractivity contribution is 0.221. The van der Waals surface area contributed by atoms with Gasteiger partial charge in [-0.1, -0.05) is 31.5 Å². The fourth-order valence-electron chi connectivity index (χ4n) is 2.71. The SMILES string of the molecule is CC(C)CN1CCC(N)C1c1ccc(Cl)c(Br)c1. The Morgan fingerprint density at radius 1 is 1.50 bits per heavy atom. The molecule has 1 aromatic rings. The van der Waals surface area contributed by atoms with E-state index in [1.807, 2.05) is 6.07 Å². The van der Waals surface area contributed by atoms with E-state index in [4.69, 9.17) is 17.3 Å². The van der Waals surface area contributed by atoms with E-state index in [2.05, 4.69) is 46.8 Å². The zero-order valence-electron chi connectivity index (χ0n) is 10.9. The van der Waals surface area contributed by atoms with Crippen LogP contribution in [0.2, 0.25) is 5.02 Å². The molecule has 18 heavy (non-hydrogen) atoms. The first-order valence-corrected chi connectivity index (χ1v) is 7.60. The number of likely N-dealkylation sites (tertiary alicyclic amines) is 1. The molecule has 0 amide bonds. The van der Waals surface area contributed by atoms with Gasteiger partial charge in [0.25, 0.3) is 0 Å². The maximum atomic E-state index is 6.28. The molecule has 1 aromatic carbocycles. The van der Waals surface area contributed by atoms with Crippen molar-refractivity contribution in [1.82, 2.24) is 4.90 Å². The van der Waals surface area contributed by atoms with Crippen LogP contribution >= 0.6 is 27.5 Å². The molecule has 2 N–H and O–H groups in total. The molecule has 1 fully saturated rings. The molecular formula is C14H20BrClN2. The highest BCUT2D eigenvalue weighted by atomic mass is 79.9. The van der Waals surface area contributed by atoms with Gasteiger partial charge >= 0.3 is 0 Å². The molecule has 1 aliphatic rings. The largest absolute Gasteiger partial charge is 0.326 e. The Morgan fingerprint density at radius 2 is 2.22 bits per heavy atom. The van der Waals surface area contributed by atoms with Crippen LogP contribution in [0.4, 0.5) is 0 Å². The maximum Gasteiger partial charge on any atom is 0.0548 e. The van der Waals surface area contributed by atoms with Crippen LogP contribution in [0.25, 0.3) is 0 Å². The first kappa shape index (κ1) is 14.3. The van der Waals surface area contributed by atoms with Crippen LogP contribution in [0.3, 0.4) is 0 Å². The summed E-state index contributed by atoms with van der Waals surface area (Å²) >= 11 is 9.55. The molecule has 0 aromatic heterocycles. The molecular weight excluding hydrogens is 312 g/mol. The first-order chi connectivity index (χ1) is 8.49. The molecule has 0 spiro atoms. The molecule has 0 aliphatic carbocycles. The van der Waals surface area contributed by atoms with Crippen molar-refractivity contribution < 1.29 is 0 Å². The summed E-state index contributed by atoms with van der Waals surface area (Å²) in [5, 5.41) is 0.751. The molecule has 0 saturated carbocycles. The topological polar surface area (TPSA) is 29.3 Å². The summed E-state index contributed by atoms with van der Waals surface area (Å²) in [5.41, 5.74) is 7.54. The monoisotopic (exact) mass is 330 g/mol. The number of rotatable bonds is 3. The average Bonchev–Trinajstić information content (AvgIpc) is 2.63. The smallest absolute Gasteiger partial charge is 0.0548 e. The van der Waals surface area contributed by atoms with Crippen molar-refractivity contribution in [3.05, 3.63) is 33.3 Å². The predicted molar refractivity (Wildman–Crippen MR) is 80.9 cm³/mol. The van der Waals surface area contributed by atoms with Gasteiger partial charge in [-0.25, -0.2) is 0 Å². The molecule has 1 heterocycles. The van der Waals surface area contributed by atoms with Crippen LogP contribution in [0.15, 0.2) is 22.7 Å². The van der Waals surface area contributed by atoms with E-state index < -0.39 is 0 Å². The van der Waals surface area contributed by atoms with Gasteiger partial charge in [-0.15, -0.1) is 0 Å². The van der Waals surface area contributed by atoms with E-state index >= 15 is 0 Å². The summed E-state index contributed by atoms with van der Waals surface area (Å²) in [4.78, 5) is 2.49. The third-order valence-electron chi connectivity index (χ3n) is 3.43. The Labute approximate surface area is 123 Å². The van der Waals surface area contributed by atoms with Crippen molar-refractivity contribution >= 4 is 27.5 Å². The molecule has 1 aliphatic heterocycles. The van der Waals surface area contributed by atoms with Gasteiger partial charge in [-0.2, -0.15) is 0 Å². The zero-order chi connectivity index (χ0) is 13.3. The molecule has 4 heteroatoms. The number of halogens is 2. The lowest BCUT2D eigenvalue weighted by Gasteiger charge is -2.28. The highest BCUT2D eigenvalue weighted by Crippen LogP contribution is 2.34. The van der Waals surface area contributed by atoms with E-state index in [0.29, 0.717) is 12.0 Å². The standard InChI is InChI=1S/C14H20BrClN2/c1-9(2)8-18-6-5-13(17)14(18)10-3-4-12(16)11(15)7-10/h3-4,7,9,13-14H,5-6,8,17H2,1-2H3. The van der Waals surface area contributed by atoms with Crippen LogP contribution in [0, 0.1) is 5.92 Å². The van der Waals surface area contributed by atoms with Crippen LogP contribution in [-0.4, -0.2) is 24.0 Å². The van der Waals surface area contributed by atoms with E-state index in [1.54, 1.807) is 0 Å². The van der Waals surface area contributed by atoms with Gasteiger partial charge in [0, 0.05) is 29.6 Å². The second-order valence-corrected chi connectivity index (χ2v) is 6.72. The Kier molecular flexibility index (Phi) is 4.70. The van der Waals surface area contributed by atoms with Gasteiger partial charge in [0.05, 0.1) is 5.02 Å². The van der Waals surface area contributed by atoms with Crippen molar-refractivity contribution in [2.75, 3.05) is 13.1 Å². The van der Waals surface area contributed by atoms with Crippen LogP contribution in [-0.2, 0) is 0 Å². The minimum Gasteiger partial charge on any atom is -0.326 e. The molecule has 2 nitrogen and oxygen atoms in total. The van der Waals surface area contributed by atoms with Crippen molar-refractivity contribution in [2.24, 2.45) is 11.7 Å². The van der Waals surface area contributed by atoms with E-state index in [1.165, 1.54) is 5.56 Å². The summed E-state index contributed by atoms with van der Waals surface area (Å²) in [6, 6.07) is 6.68. The average molecular weight is 332 g/mol.